The van der Waals surface area contributed by atoms with E-state index in [0.717, 1.165) is 38.8 Å². The molecule has 2 N–H and O–H groups in total. The zero-order valence-corrected chi connectivity index (χ0v) is 13.4. The second kappa shape index (κ2) is 10.9. The van der Waals surface area contributed by atoms with Gasteiger partial charge in [0.05, 0.1) is 0 Å². The fraction of sp³-hybridized carbons (Fsp3) is 0.857. The summed E-state index contributed by atoms with van der Waals surface area (Å²) in [6.07, 6.45) is 4.87. The Morgan fingerprint density at radius 3 is 2.70 bits per heavy atom. The van der Waals surface area contributed by atoms with Crippen LogP contribution in [0.4, 0.5) is 0 Å². The maximum absolute atomic E-state index is 12.0. The molecule has 1 fully saturated rings. The molecular formula is C14H28ClN3O2. The van der Waals surface area contributed by atoms with Crippen molar-refractivity contribution in [2.75, 3.05) is 26.7 Å². The van der Waals surface area contributed by atoms with Crippen LogP contribution in [0, 0.1) is 0 Å². The fourth-order valence-corrected chi connectivity index (χ4v) is 2.42. The van der Waals surface area contributed by atoms with Gasteiger partial charge in [-0.3, -0.25) is 9.59 Å². The van der Waals surface area contributed by atoms with Gasteiger partial charge in [0.2, 0.25) is 11.8 Å². The van der Waals surface area contributed by atoms with Crippen molar-refractivity contribution < 1.29 is 9.59 Å². The maximum Gasteiger partial charge on any atom is 0.222 e. The maximum atomic E-state index is 12.0. The molecule has 0 aromatic heterocycles. The molecule has 1 saturated heterocycles. The van der Waals surface area contributed by atoms with Crippen LogP contribution in [0.15, 0.2) is 0 Å². The molecule has 0 spiro atoms. The molecule has 5 nitrogen and oxygen atoms in total. The SMILES string of the molecule is CCCC(=O)NC1CCCN(C(=O)CCCNC)C1.Cl. The lowest BCUT2D eigenvalue weighted by atomic mass is 10.0. The summed E-state index contributed by atoms with van der Waals surface area (Å²) in [5, 5.41) is 6.07. The molecule has 1 heterocycles. The summed E-state index contributed by atoms with van der Waals surface area (Å²) < 4.78 is 0. The molecule has 0 saturated carbocycles. The lowest BCUT2D eigenvalue weighted by Gasteiger charge is -2.33. The Bertz CT molecular complexity index is 300. The molecule has 0 aliphatic carbocycles. The summed E-state index contributed by atoms with van der Waals surface area (Å²) in [4.78, 5) is 25.5. The number of halogens is 1. The number of nitrogens with one attached hydrogen (secondary N) is 2. The first-order valence-electron chi connectivity index (χ1n) is 7.39. The van der Waals surface area contributed by atoms with Gasteiger partial charge >= 0.3 is 0 Å². The minimum absolute atomic E-state index is 0. The van der Waals surface area contributed by atoms with Gasteiger partial charge in [0.25, 0.3) is 0 Å². The highest BCUT2D eigenvalue weighted by atomic mass is 35.5. The van der Waals surface area contributed by atoms with Crippen LogP contribution in [-0.2, 0) is 9.59 Å². The second-order valence-corrected chi connectivity index (χ2v) is 5.20. The Morgan fingerprint density at radius 1 is 1.30 bits per heavy atom. The summed E-state index contributed by atoms with van der Waals surface area (Å²) in [5.41, 5.74) is 0. The number of nitrogens with zero attached hydrogens (tertiary/aromatic N) is 1. The molecule has 0 aromatic carbocycles. The summed E-state index contributed by atoms with van der Waals surface area (Å²) in [6, 6.07) is 0.140. The lowest BCUT2D eigenvalue weighted by molar-refractivity contribution is -0.133. The zero-order valence-electron chi connectivity index (χ0n) is 12.6. The smallest absolute Gasteiger partial charge is 0.222 e. The van der Waals surface area contributed by atoms with Gasteiger partial charge < -0.3 is 15.5 Å². The van der Waals surface area contributed by atoms with Gasteiger partial charge in [-0.05, 0) is 39.3 Å². The Labute approximate surface area is 128 Å². The number of hydrogen-bond acceptors (Lipinski definition) is 3. The number of carbonyl (C=O) groups is 2. The normalized spacial score (nSPS) is 18.3. The lowest BCUT2D eigenvalue weighted by Crippen LogP contribution is -2.49. The molecular weight excluding hydrogens is 278 g/mol. The van der Waals surface area contributed by atoms with Gasteiger partial charge in [-0.2, -0.15) is 0 Å². The van der Waals surface area contributed by atoms with E-state index >= 15 is 0 Å². The standard InChI is InChI=1S/C14H27N3O2.ClH/c1-3-6-13(18)16-12-7-5-10-17(11-12)14(19)8-4-9-15-2;/h12,15H,3-11H2,1-2H3,(H,16,18);1H. The number of piperidine rings is 1. The largest absolute Gasteiger partial charge is 0.352 e. The van der Waals surface area contributed by atoms with Crippen LogP contribution in [0.1, 0.15) is 45.4 Å². The van der Waals surface area contributed by atoms with Crippen molar-refractivity contribution in [3.8, 4) is 0 Å². The van der Waals surface area contributed by atoms with Gasteiger partial charge in [-0.1, -0.05) is 6.92 Å². The molecule has 1 unspecified atom stereocenters. The van der Waals surface area contributed by atoms with Gasteiger partial charge in [0, 0.05) is 32.0 Å². The highest BCUT2D eigenvalue weighted by molar-refractivity contribution is 5.85. The quantitative estimate of drug-likeness (QED) is 0.697. The van der Waals surface area contributed by atoms with Crippen LogP contribution < -0.4 is 10.6 Å². The van der Waals surface area contributed by atoms with Crippen LogP contribution in [0.5, 0.6) is 0 Å². The average molecular weight is 306 g/mol. The number of amides is 2. The zero-order chi connectivity index (χ0) is 14.1. The van der Waals surface area contributed by atoms with Gasteiger partial charge in [-0.15, -0.1) is 12.4 Å². The van der Waals surface area contributed by atoms with Crippen molar-refractivity contribution in [1.82, 2.24) is 15.5 Å². The van der Waals surface area contributed by atoms with E-state index in [1.807, 2.05) is 18.9 Å². The molecule has 1 rings (SSSR count). The third-order valence-electron chi connectivity index (χ3n) is 3.43. The Morgan fingerprint density at radius 2 is 2.05 bits per heavy atom. The van der Waals surface area contributed by atoms with E-state index in [1.165, 1.54) is 0 Å². The molecule has 0 aromatic rings. The monoisotopic (exact) mass is 305 g/mol. The first-order chi connectivity index (χ1) is 9.17. The van der Waals surface area contributed by atoms with E-state index < -0.39 is 0 Å². The molecule has 1 aliphatic heterocycles. The van der Waals surface area contributed by atoms with Crippen molar-refractivity contribution in [2.45, 2.75) is 51.5 Å². The minimum Gasteiger partial charge on any atom is -0.352 e. The van der Waals surface area contributed by atoms with E-state index in [0.29, 0.717) is 19.4 Å². The first-order valence-corrected chi connectivity index (χ1v) is 7.39. The van der Waals surface area contributed by atoms with E-state index in [4.69, 9.17) is 0 Å². The van der Waals surface area contributed by atoms with Crippen molar-refractivity contribution >= 4 is 24.2 Å². The molecule has 1 atom stereocenters. The Kier molecular flexibility index (Phi) is 10.5. The first kappa shape index (κ1) is 19.2. The Balaban J connectivity index is 0.00000361. The van der Waals surface area contributed by atoms with Crippen LogP contribution in [0.3, 0.4) is 0 Å². The molecule has 0 bridgehead atoms. The van der Waals surface area contributed by atoms with Crippen LogP contribution >= 0.6 is 12.4 Å². The number of rotatable bonds is 7. The van der Waals surface area contributed by atoms with Crippen LogP contribution in [0.25, 0.3) is 0 Å². The highest BCUT2D eigenvalue weighted by Gasteiger charge is 2.23. The topological polar surface area (TPSA) is 61.4 Å². The van der Waals surface area contributed by atoms with E-state index in [9.17, 15) is 9.59 Å². The van der Waals surface area contributed by atoms with E-state index in [1.54, 1.807) is 0 Å². The summed E-state index contributed by atoms with van der Waals surface area (Å²) in [5.74, 6) is 0.321. The molecule has 6 heteroatoms. The average Bonchev–Trinajstić information content (AvgIpc) is 2.39. The third-order valence-corrected chi connectivity index (χ3v) is 3.43. The van der Waals surface area contributed by atoms with Crippen molar-refractivity contribution in [2.24, 2.45) is 0 Å². The van der Waals surface area contributed by atoms with Crippen molar-refractivity contribution in [3.05, 3.63) is 0 Å². The van der Waals surface area contributed by atoms with Gasteiger partial charge in [0.1, 0.15) is 0 Å². The molecule has 20 heavy (non-hydrogen) atoms. The number of likely N-dealkylation sites (tertiary alicyclic amines) is 1. The third kappa shape index (κ3) is 7.10. The fourth-order valence-electron chi connectivity index (χ4n) is 2.42. The van der Waals surface area contributed by atoms with Gasteiger partial charge in [-0.25, -0.2) is 0 Å². The van der Waals surface area contributed by atoms with Gasteiger partial charge in [0.15, 0.2) is 0 Å². The number of carbonyl (C=O) groups excluding carboxylic acids is 2. The van der Waals surface area contributed by atoms with E-state index in [-0.39, 0.29) is 30.3 Å². The van der Waals surface area contributed by atoms with E-state index in [2.05, 4.69) is 10.6 Å². The molecule has 118 valence electrons. The predicted molar refractivity (Wildman–Crippen MR) is 83.1 cm³/mol. The van der Waals surface area contributed by atoms with Crippen LogP contribution in [-0.4, -0.2) is 49.4 Å². The second-order valence-electron chi connectivity index (χ2n) is 5.20. The summed E-state index contributed by atoms with van der Waals surface area (Å²) >= 11 is 0. The minimum atomic E-state index is 0. The van der Waals surface area contributed by atoms with Crippen molar-refractivity contribution in [3.63, 3.8) is 0 Å². The summed E-state index contributed by atoms with van der Waals surface area (Å²) in [7, 11) is 1.89. The summed E-state index contributed by atoms with van der Waals surface area (Å²) in [6.45, 7) is 4.38. The predicted octanol–water partition coefficient (Wildman–Crippen LogP) is 1.32. The molecule has 1 aliphatic rings. The number of hydrogen-bond donors (Lipinski definition) is 2. The molecule has 2 amide bonds. The van der Waals surface area contributed by atoms with Crippen molar-refractivity contribution in [1.29, 1.82) is 0 Å². The van der Waals surface area contributed by atoms with Crippen LogP contribution in [0.2, 0.25) is 0 Å². The highest BCUT2D eigenvalue weighted by Crippen LogP contribution is 2.12. The molecule has 0 radical (unpaired) electrons. The Hall–Kier alpha value is -0.810.